The second kappa shape index (κ2) is 15.4. The van der Waals surface area contributed by atoms with Crippen molar-refractivity contribution in [1.82, 2.24) is 5.32 Å². The zero-order valence-corrected chi connectivity index (χ0v) is 27.1. The number of amides is 3. The quantitative estimate of drug-likeness (QED) is 0.101. The van der Waals surface area contributed by atoms with Crippen molar-refractivity contribution >= 4 is 80.8 Å². The zero-order valence-electron chi connectivity index (χ0n) is 23.9. The van der Waals surface area contributed by atoms with E-state index in [9.17, 15) is 19.6 Å². The molecule has 5 rings (SSSR count). The third-order valence-electron chi connectivity index (χ3n) is 6.52. The Kier molecular flexibility index (Phi) is 10.9. The van der Waals surface area contributed by atoms with Crippen molar-refractivity contribution in [2.75, 3.05) is 16.4 Å². The summed E-state index contributed by atoms with van der Waals surface area (Å²) in [4.78, 5) is 40.0. The number of benzene rings is 4. The fourth-order valence-electron chi connectivity index (χ4n) is 4.30. The molecule has 7 nitrogen and oxygen atoms in total. The zero-order chi connectivity index (χ0) is 32.5. The Morgan fingerprint density at radius 1 is 0.848 bits per heavy atom. The number of hydrogen-bond donors (Lipinski definition) is 3. The molecular weight excluding hydrogens is 659 g/mol. The van der Waals surface area contributed by atoms with Crippen molar-refractivity contribution in [3.63, 3.8) is 0 Å². The van der Waals surface area contributed by atoms with Gasteiger partial charge in [0.25, 0.3) is 11.8 Å². The van der Waals surface area contributed by atoms with E-state index in [1.807, 2.05) is 41.8 Å². The van der Waals surface area contributed by atoms with Crippen molar-refractivity contribution in [1.29, 1.82) is 5.26 Å². The number of thiophene rings is 1. The fraction of sp³-hybridized carbons (Fsp3) is 0.0286. The summed E-state index contributed by atoms with van der Waals surface area (Å²) in [6.45, 7) is 0. The Bertz CT molecular complexity index is 1950. The third kappa shape index (κ3) is 8.24. The lowest BCUT2D eigenvalue weighted by molar-refractivity contribution is -0.114. The van der Waals surface area contributed by atoms with E-state index in [4.69, 9.17) is 23.2 Å². The number of nitriles is 1. The summed E-state index contributed by atoms with van der Waals surface area (Å²) in [6, 6.07) is 32.1. The van der Waals surface area contributed by atoms with Crippen LogP contribution in [0, 0.1) is 11.3 Å². The third-order valence-corrected chi connectivity index (χ3v) is 9.07. The molecule has 0 atom stereocenters. The molecule has 0 radical (unpaired) electrons. The number of anilines is 2. The van der Waals surface area contributed by atoms with Crippen molar-refractivity contribution in [3.05, 3.63) is 141 Å². The van der Waals surface area contributed by atoms with Gasteiger partial charge in [0.2, 0.25) is 5.91 Å². The van der Waals surface area contributed by atoms with E-state index < -0.39 is 11.8 Å². The minimum Gasteiger partial charge on any atom is -0.321 e. The van der Waals surface area contributed by atoms with Gasteiger partial charge in [0.15, 0.2) is 0 Å². The number of thioether (sulfide) groups is 1. The summed E-state index contributed by atoms with van der Waals surface area (Å²) in [7, 11) is 0. The highest BCUT2D eigenvalue weighted by Gasteiger charge is 2.18. The van der Waals surface area contributed by atoms with Gasteiger partial charge in [-0.2, -0.15) is 5.26 Å². The summed E-state index contributed by atoms with van der Waals surface area (Å²) in [5.74, 6) is -1.29. The second-order valence-electron chi connectivity index (χ2n) is 9.66. The van der Waals surface area contributed by atoms with Gasteiger partial charge in [-0.25, -0.2) is 0 Å². The molecule has 0 aliphatic carbocycles. The van der Waals surface area contributed by atoms with Gasteiger partial charge < -0.3 is 16.0 Å². The number of hydrogen-bond acceptors (Lipinski definition) is 6. The van der Waals surface area contributed by atoms with Gasteiger partial charge in [-0.3, -0.25) is 14.4 Å². The molecule has 0 aliphatic heterocycles. The lowest BCUT2D eigenvalue weighted by Gasteiger charge is -2.13. The predicted octanol–water partition coefficient (Wildman–Crippen LogP) is 8.73. The van der Waals surface area contributed by atoms with Crippen molar-refractivity contribution in [2.45, 2.75) is 4.90 Å². The average molecular weight is 684 g/mol. The summed E-state index contributed by atoms with van der Waals surface area (Å²) in [5, 5.41) is 21.0. The maximum absolute atomic E-state index is 13.5. The van der Waals surface area contributed by atoms with E-state index in [2.05, 4.69) is 22.0 Å². The van der Waals surface area contributed by atoms with Gasteiger partial charge in [0.1, 0.15) is 16.8 Å². The van der Waals surface area contributed by atoms with E-state index in [1.165, 1.54) is 29.2 Å². The molecule has 0 unspecified atom stereocenters. The lowest BCUT2D eigenvalue weighted by atomic mass is 10.1. The van der Waals surface area contributed by atoms with Gasteiger partial charge in [-0.05, 0) is 54.1 Å². The van der Waals surface area contributed by atoms with Crippen LogP contribution in [-0.2, 0) is 9.59 Å². The maximum Gasteiger partial charge on any atom is 0.272 e. The molecule has 0 fully saturated rings. The molecule has 46 heavy (non-hydrogen) atoms. The van der Waals surface area contributed by atoms with E-state index in [1.54, 1.807) is 66.7 Å². The maximum atomic E-state index is 13.5. The van der Waals surface area contributed by atoms with Crippen molar-refractivity contribution in [3.8, 4) is 17.2 Å². The smallest absolute Gasteiger partial charge is 0.272 e. The molecule has 1 heterocycles. The molecule has 0 saturated heterocycles. The number of carbonyl (C=O) groups is 3. The fourth-order valence-corrected chi connectivity index (χ4v) is 6.50. The van der Waals surface area contributed by atoms with E-state index in [-0.39, 0.29) is 17.4 Å². The SMILES string of the molecule is N#Cc1c(-c2ccccc2)csc1NC(=O)CSc1cccc(NC(=O)/C(=C\c2c(Cl)cccc2Cl)NC(=O)c2ccccc2)c1. The number of carbonyl (C=O) groups excluding carboxylic acids is 3. The van der Waals surface area contributed by atoms with Crippen LogP contribution in [0.5, 0.6) is 0 Å². The molecule has 0 bridgehead atoms. The molecule has 0 aliphatic rings. The number of halogens is 2. The van der Waals surface area contributed by atoms with E-state index in [0.717, 1.165) is 16.0 Å². The van der Waals surface area contributed by atoms with Crippen LogP contribution in [0.25, 0.3) is 17.2 Å². The van der Waals surface area contributed by atoms with Crippen molar-refractivity contribution in [2.24, 2.45) is 0 Å². The molecule has 228 valence electrons. The molecule has 1 aromatic heterocycles. The average Bonchev–Trinajstić information content (AvgIpc) is 3.48. The first-order valence-corrected chi connectivity index (χ1v) is 16.4. The highest BCUT2D eigenvalue weighted by atomic mass is 35.5. The molecule has 3 N–H and O–H groups in total. The summed E-state index contributed by atoms with van der Waals surface area (Å²) in [5.41, 5.74) is 3.20. The molecular formula is C35H24Cl2N4O3S2. The monoisotopic (exact) mass is 682 g/mol. The van der Waals surface area contributed by atoms with Gasteiger partial charge in [-0.1, -0.05) is 83.9 Å². The lowest BCUT2D eigenvalue weighted by Crippen LogP contribution is -2.30. The minimum atomic E-state index is -0.601. The first-order valence-electron chi connectivity index (χ1n) is 13.8. The first-order chi connectivity index (χ1) is 22.3. The van der Waals surface area contributed by atoms with Crippen molar-refractivity contribution < 1.29 is 14.4 Å². The van der Waals surface area contributed by atoms with Crippen LogP contribution >= 0.6 is 46.3 Å². The highest BCUT2D eigenvalue weighted by Crippen LogP contribution is 2.35. The Hall–Kier alpha value is -4.85. The summed E-state index contributed by atoms with van der Waals surface area (Å²) >= 11 is 15.3. The number of nitrogens with zero attached hydrogens (tertiary/aromatic N) is 1. The molecule has 11 heteroatoms. The molecule has 4 aromatic carbocycles. The van der Waals surface area contributed by atoms with E-state index >= 15 is 0 Å². The van der Waals surface area contributed by atoms with Crippen LogP contribution in [0.1, 0.15) is 21.5 Å². The van der Waals surface area contributed by atoms with Gasteiger partial charge in [-0.15, -0.1) is 23.1 Å². The minimum absolute atomic E-state index is 0.0691. The largest absolute Gasteiger partial charge is 0.321 e. The Morgan fingerprint density at radius 2 is 1.52 bits per heavy atom. The Balaban J connectivity index is 1.27. The van der Waals surface area contributed by atoms with Crippen LogP contribution < -0.4 is 16.0 Å². The van der Waals surface area contributed by atoms with Crippen LogP contribution in [0.4, 0.5) is 10.7 Å². The Morgan fingerprint density at radius 3 is 2.22 bits per heavy atom. The number of rotatable bonds is 10. The molecule has 5 aromatic rings. The summed E-state index contributed by atoms with van der Waals surface area (Å²) in [6.07, 6.45) is 1.42. The summed E-state index contributed by atoms with van der Waals surface area (Å²) < 4.78 is 0. The van der Waals surface area contributed by atoms with Crippen LogP contribution in [0.3, 0.4) is 0 Å². The molecule has 0 saturated carbocycles. The molecule has 3 amide bonds. The second-order valence-corrected chi connectivity index (χ2v) is 12.4. The predicted molar refractivity (Wildman–Crippen MR) is 187 cm³/mol. The van der Waals surface area contributed by atoms with Gasteiger partial charge >= 0.3 is 0 Å². The van der Waals surface area contributed by atoms with Crippen LogP contribution in [0.15, 0.2) is 119 Å². The normalized spacial score (nSPS) is 10.9. The molecule has 0 spiro atoms. The van der Waals surface area contributed by atoms with Crippen LogP contribution in [0.2, 0.25) is 10.0 Å². The topological polar surface area (TPSA) is 111 Å². The number of nitrogens with one attached hydrogen (secondary N) is 3. The van der Waals surface area contributed by atoms with Gasteiger partial charge in [0, 0.05) is 42.7 Å². The Labute approximate surface area is 283 Å². The first kappa shape index (κ1) is 32.5. The highest BCUT2D eigenvalue weighted by molar-refractivity contribution is 8.00. The van der Waals surface area contributed by atoms with E-state index in [0.29, 0.717) is 37.4 Å². The standard InChI is InChI=1S/C35H24Cl2N4O3S2/c36-29-15-8-16-30(37)26(29)18-31(40-33(43)23-11-5-2-6-12-23)34(44)39-24-13-7-14-25(17-24)45-21-32(42)41-35-27(19-38)28(20-46-35)22-9-3-1-4-10-22/h1-18,20H,21H2,(H,39,44)(H,40,43)(H,41,42)/b31-18+. The van der Waals surface area contributed by atoms with Gasteiger partial charge in [0.05, 0.1) is 11.3 Å². The van der Waals surface area contributed by atoms with Crippen LogP contribution in [-0.4, -0.2) is 23.5 Å².